The zero-order valence-electron chi connectivity index (χ0n) is 7.56. The number of piperidine rings is 1. The highest BCUT2D eigenvalue weighted by Gasteiger charge is 2.44. The van der Waals surface area contributed by atoms with Crippen molar-refractivity contribution in [2.24, 2.45) is 5.92 Å². The van der Waals surface area contributed by atoms with Gasteiger partial charge in [-0.3, -0.25) is 4.98 Å². The van der Waals surface area contributed by atoms with E-state index in [9.17, 15) is 0 Å². The second-order valence-corrected chi connectivity index (χ2v) is 3.96. The van der Waals surface area contributed by atoms with Crippen molar-refractivity contribution in [1.82, 2.24) is 9.97 Å². The van der Waals surface area contributed by atoms with Crippen LogP contribution in [0.3, 0.4) is 0 Å². The van der Waals surface area contributed by atoms with Crippen LogP contribution in [0, 0.1) is 5.92 Å². The molecule has 1 aliphatic carbocycles. The SMILES string of the molecule is c1cnc(N2CCCC3CC32)cn1. The summed E-state index contributed by atoms with van der Waals surface area (Å²) >= 11 is 0. The van der Waals surface area contributed by atoms with Gasteiger partial charge in [-0.25, -0.2) is 4.98 Å². The number of aromatic nitrogens is 2. The van der Waals surface area contributed by atoms with E-state index in [2.05, 4.69) is 14.9 Å². The van der Waals surface area contributed by atoms with Gasteiger partial charge in [0.05, 0.1) is 6.20 Å². The molecule has 3 rings (SSSR count). The van der Waals surface area contributed by atoms with E-state index < -0.39 is 0 Å². The molecule has 3 heteroatoms. The number of anilines is 1. The van der Waals surface area contributed by atoms with E-state index in [-0.39, 0.29) is 0 Å². The van der Waals surface area contributed by atoms with Gasteiger partial charge in [-0.05, 0) is 25.2 Å². The quantitative estimate of drug-likeness (QED) is 0.647. The zero-order chi connectivity index (χ0) is 8.67. The van der Waals surface area contributed by atoms with Gasteiger partial charge in [-0.15, -0.1) is 0 Å². The van der Waals surface area contributed by atoms with Crippen LogP contribution < -0.4 is 4.90 Å². The van der Waals surface area contributed by atoms with Crippen molar-refractivity contribution in [1.29, 1.82) is 0 Å². The van der Waals surface area contributed by atoms with Gasteiger partial charge < -0.3 is 4.90 Å². The Bertz CT molecular complexity index is 298. The molecule has 2 unspecified atom stereocenters. The first-order valence-corrected chi connectivity index (χ1v) is 4.98. The molecule has 1 saturated heterocycles. The fraction of sp³-hybridized carbons (Fsp3) is 0.600. The van der Waals surface area contributed by atoms with Crippen LogP contribution in [0.15, 0.2) is 18.6 Å². The number of nitrogens with zero attached hydrogens (tertiary/aromatic N) is 3. The molecule has 0 N–H and O–H groups in total. The molecule has 0 amide bonds. The molecular weight excluding hydrogens is 162 g/mol. The van der Waals surface area contributed by atoms with E-state index in [0.29, 0.717) is 0 Å². The lowest BCUT2D eigenvalue weighted by atomic mass is 10.1. The van der Waals surface area contributed by atoms with Gasteiger partial charge in [0.1, 0.15) is 5.82 Å². The molecule has 68 valence electrons. The Hall–Kier alpha value is -1.12. The van der Waals surface area contributed by atoms with Gasteiger partial charge in [0.15, 0.2) is 0 Å². The van der Waals surface area contributed by atoms with Crippen LogP contribution in [0.2, 0.25) is 0 Å². The molecule has 2 aliphatic rings. The minimum Gasteiger partial charge on any atom is -0.352 e. The first-order valence-electron chi connectivity index (χ1n) is 4.98. The summed E-state index contributed by atoms with van der Waals surface area (Å²) in [6.45, 7) is 1.17. The smallest absolute Gasteiger partial charge is 0.147 e. The van der Waals surface area contributed by atoms with Gasteiger partial charge in [-0.1, -0.05) is 0 Å². The Morgan fingerprint density at radius 2 is 2.38 bits per heavy atom. The average Bonchev–Trinajstić information content (AvgIpc) is 2.97. The summed E-state index contributed by atoms with van der Waals surface area (Å²) in [4.78, 5) is 10.9. The van der Waals surface area contributed by atoms with Crippen molar-refractivity contribution in [3.05, 3.63) is 18.6 Å². The Morgan fingerprint density at radius 3 is 3.23 bits per heavy atom. The molecule has 1 aromatic heterocycles. The minimum atomic E-state index is 0.783. The van der Waals surface area contributed by atoms with Gasteiger partial charge in [0, 0.05) is 25.0 Å². The molecule has 2 heterocycles. The first kappa shape index (κ1) is 7.30. The lowest BCUT2D eigenvalue weighted by molar-refractivity contribution is 0.554. The molecule has 1 aliphatic heterocycles. The summed E-state index contributed by atoms with van der Waals surface area (Å²) in [6, 6.07) is 0.783. The van der Waals surface area contributed by atoms with E-state index in [0.717, 1.165) is 17.8 Å². The molecule has 3 nitrogen and oxygen atoms in total. The number of fused-ring (bicyclic) bond motifs is 1. The second-order valence-electron chi connectivity index (χ2n) is 3.96. The van der Waals surface area contributed by atoms with Crippen LogP contribution in [0.25, 0.3) is 0 Å². The van der Waals surface area contributed by atoms with Crippen molar-refractivity contribution < 1.29 is 0 Å². The zero-order valence-corrected chi connectivity index (χ0v) is 7.56. The largest absolute Gasteiger partial charge is 0.352 e. The fourth-order valence-electron chi connectivity index (χ4n) is 2.34. The van der Waals surface area contributed by atoms with Crippen LogP contribution in [0.1, 0.15) is 19.3 Å². The van der Waals surface area contributed by atoms with E-state index >= 15 is 0 Å². The van der Waals surface area contributed by atoms with E-state index in [4.69, 9.17) is 0 Å². The Balaban J connectivity index is 1.85. The fourth-order valence-corrected chi connectivity index (χ4v) is 2.34. The number of hydrogen-bond acceptors (Lipinski definition) is 3. The summed E-state index contributed by atoms with van der Waals surface area (Å²) in [6.07, 6.45) is 9.50. The van der Waals surface area contributed by atoms with Crippen LogP contribution in [-0.2, 0) is 0 Å². The van der Waals surface area contributed by atoms with E-state index in [1.807, 2.05) is 6.20 Å². The van der Waals surface area contributed by atoms with Crippen molar-refractivity contribution in [3.8, 4) is 0 Å². The molecule has 1 saturated carbocycles. The van der Waals surface area contributed by atoms with Crippen molar-refractivity contribution >= 4 is 5.82 Å². The molecule has 13 heavy (non-hydrogen) atoms. The van der Waals surface area contributed by atoms with Crippen LogP contribution in [0.5, 0.6) is 0 Å². The minimum absolute atomic E-state index is 0.783. The Morgan fingerprint density at radius 1 is 1.38 bits per heavy atom. The van der Waals surface area contributed by atoms with Crippen molar-refractivity contribution in [2.45, 2.75) is 25.3 Å². The molecule has 1 aromatic rings. The van der Waals surface area contributed by atoms with E-state index in [1.165, 1.54) is 25.8 Å². The first-order chi connectivity index (χ1) is 6.45. The second kappa shape index (κ2) is 2.69. The maximum Gasteiger partial charge on any atom is 0.147 e. The van der Waals surface area contributed by atoms with Gasteiger partial charge in [0.25, 0.3) is 0 Å². The highest BCUT2D eigenvalue weighted by Crippen LogP contribution is 2.44. The Labute approximate surface area is 77.8 Å². The highest BCUT2D eigenvalue weighted by atomic mass is 15.3. The van der Waals surface area contributed by atoms with Crippen LogP contribution in [0.4, 0.5) is 5.82 Å². The predicted molar refractivity (Wildman–Crippen MR) is 50.5 cm³/mol. The van der Waals surface area contributed by atoms with Gasteiger partial charge >= 0.3 is 0 Å². The average molecular weight is 175 g/mol. The van der Waals surface area contributed by atoms with Crippen LogP contribution in [-0.4, -0.2) is 22.6 Å². The van der Waals surface area contributed by atoms with Crippen LogP contribution >= 0.6 is 0 Å². The summed E-state index contributed by atoms with van der Waals surface area (Å²) in [7, 11) is 0. The van der Waals surface area contributed by atoms with Gasteiger partial charge in [-0.2, -0.15) is 0 Å². The molecule has 0 spiro atoms. The summed E-state index contributed by atoms with van der Waals surface area (Å²) in [5, 5.41) is 0. The Kier molecular flexibility index (Phi) is 1.51. The van der Waals surface area contributed by atoms with E-state index in [1.54, 1.807) is 12.4 Å². The normalized spacial score (nSPS) is 31.2. The lowest BCUT2D eigenvalue weighted by Crippen LogP contribution is -2.32. The molecule has 0 aromatic carbocycles. The van der Waals surface area contributed by atoms with Gasteiger partial charge in [0.2, 0.25) is 0 Å². The molecular formula is C10H13N3. The molecule has 0 radical (unpaired) electrons. The number of rotatable bonds is 1. The van der Waals surface area contributed by atoms with Crippen molar-refractivity contribution in [3.63, 3.8) is 0 Å². The summed E-state index contributed by atoms with van der Waals surface area (Å²) in [5.41, 5.74) is 0. The van der Waals surface area contributed by atoms with Crippen molar-refractivity contribution in [2.75, 3.05) is 11.4 Å². The maximum atomic E-state index is 4.34. The maximum absolute atomic E-state index is 4.34. The highest BCUT2D eigenvalue weighted by molar-refractivity contribution is 5.40. The summed E-state index contributed by atoms with van der Waals surface area (Å²) in [5.74, 6) is 2.02. The number of hydrogen-bond donors (Lipinski definition) is 0. The molecule has 2 fully saturated rings. The molecule has 2 atom stereocenters. The third kappa shape index (κ3) is 1.19. The topological polar surface area (TPSA) is 29.0 Å². The third-order valence-corrected chi connectivity index (χ3v) is 3.10. The monoisotopic (exact) mass is 175 g/mol. The third-order valence-electron chi connectivity index (χ3n) is 3.10. The molecule has 0 bridgehead atoms. The standard InChI is InChI=1S/C10H13N3/c1-2-8-6-9(8)13(5-1)10-7-11-3-4-12-10/h3-4,7-9H,1-2,5-6H2. The predicted octanol–water partition coefficient (Wildman–Crippen LogP) is 1.47. The summed E-state index contributed by atoms with van der Waals surface area (Å²) < 4.78 is 0. The lowest BCUT2D eigenvalue weighted by Gasteiger charge is -2.27.